The van der Waals surface area contributed by atoms with Gasteiger partial charge in [0.2, 0.25) is 0 Å². The molecule has 0 radical (unpaired) electrons. The maximum Gasteiger partial charge on any atom is 0.326 e. The van der Waals surface area contributed by atoms with Crippen LogP contribution in [0.15, 0.2) is 22.8 Å². The third-order valence-corrected chi connectivity index (χ3v) is 3.08. The van der Waals surface area contributed by atoms with Crippen LogP contribution < -0.4 is 5.32 Å². The zero-order chi connectivity index (χ0) is 12.4. The van der Waals surface area contributed by atoms with Crippen molar-refractivity contribution in [3.8, 4) is 0 Å². The summed E-state index contributed by atoms with van der Waals surface area (Å²) in [6, 6.07) is 2.44. The van der Waals surface area contributed by atoms with E-state index in [0.717, 1.165) is 17.3 Å². The molecule has 2 rings (SSSR count). The Morgan fingerprint density at radius 1 is 1.47 bits per heavy atom. The summed E-state index contributed by atoms with van der Waals surface area (Å²) in [4.78, 5) is 26.6. The van der Waals surface area contributed by atoms with Crippen molar-refractivity contribution in [3.05, 3.63) is 28.5 Å². The number of carboxylic acid groups (broad SMARTS) is 1. The SMILES string of the molecule is O=C(NC(C(=O)O)C1CC1)c1ccc(Br)cn1. The predicted molar refractivity (Wildman–Crippen MR) is 63.6 cm³/mol. The van der Waals surface area contributed by atoms with Gasteiger partial charge >= 0.3 is 5.97 Å². The molecule has 0 bridgehead atoms. The number of amides is 1. The molecule has 1 atom stereocenters. The van der Waals surface area contributed by atoms with Crippen LogP contribution in [-0.2, 0) is 4.79 Å². The normalized spacial score (nSPS) is 16.3. The Bertz CT molecular complexity index is 443. The van der Waals surface area contributed by atoms with Gasteiger partial charge in [-0.15, -0.1) is 0 Å². The van der Waals surface area contributed by atoms with Gasteiger partial charge in [-0.1, -0.05) is 0 Å². The average molecular weight is 299 g/mol. The number of pyridine rings is 1. The van der Waals surface area contributed by atoms with E-state index < -0.39 is 17.9 Å². The lowest BCUT2D eigenvalue weighted by Crippen LogP contribution is -2.42. The van der Waals surface area contributed by atoms with Crippen LogP contribution in [0.4, 0.5) is 0 Å². The van der Waals surface area contributed by atoms with Gasteiger partial charge in [0.05, 0.1) is 0 Å². The summed E-state index contributed by atoms with van der Waals surface area (Å²) in [6.45, 7) is 0. The number of aromatic nitrogens is 1. The minimum Gasteiger partial charge on any atom is -0.480 e. The van der Waals surface area contributed by atoms with Crippen molar-refractivity contribution >= 4 is 27.8 Å². The van der Waals surface area contributed by atoms with Gasteiger partial charge in [-0.25, -0.2) is 9.78 Å². The van der Waals surface area contributed by atoms with Crippen LogP contribution in [0.3, 0.4) is 0 Å². The van der Waals surface area contributed by atoms with Crippen LogP contribution in [0.5, 0.6) is 0 Å². The first-order chi connectivity index (χ1) is 8.08. The highest BCUT2D eigenvalue weighted by Gasteiger charge is 2.37. The lowest BCUT2D eigenvalue weighted by Gasteiger charge is -2.12. The lowest BCUT2D eigenvalue weighted by molar-refractivity contribution is -0.139. The Morgan fingerprint density at radius 2 is 2.18 bits per heavy atom. The maximum absolute atomic E-state index is 11.8. The second kappa shape index (κ2) is 4.83. The second-order valence-corrected chi connectivity index (χ2v) is 4.90. The van der Waals surface area contributed by atoms with Crippen molar-refractivity contribution in [1.82, 2.24) is 10.3 Å². The van der Waals surface area contributed by atoms with Crippen molar-refractivity contribution in [2.24, 2.45) is 5.92 Å². The standard InChI is InChI=1S/C11H11BrN2O3/c12-7-3-4-8(13-5-7)10(15)14-9(11(16)17)6-1-2-6/h3-6,9H,1-2H2,(H,14,15)(H,16,17). The van der Waals surface area contributed by atoms with Gasteiger partial charge in [0, 0.05) is 10.7 Å². The Hall–Kier alpha value is -1.43. The smallest absolute Gasteiger partial charge is 0.326 e. The maximum atomic E-state index is 11.8. The highest BCUT2D eigenvalue weighted by atomic mass is 79.9. The van der Waals surface area contributed by atoms with Crippen LogP contribution in [0.2, 0.25) is 0 Å². The number of nitrogens with zero attached hydrogens (tertiary/aromatic N) is 1. The molecule has 1 saturated carbocycles. The van der Waals surface area contributed by atoms with Gasteiger partial charge in [-0.05, 0) is 46.8 Å². The zero-order valence-electron chi connectivity index (χ0n) is 8.89. The molecule has 0 spiro atoms. The molecular formula is C11H11BrN2O3. The number of carbonyl (C=O) groups is 2. The Balaban J connectivity index is 2.04. The summed E-state index contributed by atoms with van der Waals surface area (Å²) >= 11 is 3.21. The first-order valence-electron chi connectivity index (χ1n) is 5.23. The fourth-order valence-electron chi connectivity index (χ4n) is 1.54. The number of nitrogens with one attached hydrogen (secondary N) is 1. The van der Waals surface area contributed by atoms with E-state index in [4.69, 9.17) is 5.11 Å². The van der Waals surface area contributed by atoms with E-state index in [2.05, 4.69) is 26.2 Å². The summed E-state index contributed by atoms with van der Waals surface area (Å²) in [5.41, 5.74) is 0.222. The topological polar surface area (TPSA) is 79.3 Å². The van der Waals surface area contributed by atoms with Crippen molar-refractivity contribution in [1.29, 1.82) is 0 Å². The molecule has 90 valence electrons. The fraction of sp³-hybridized carbons (Fsp3) is 0.364. The van der Waals surface area contributed by atoms with Crippen LogP contribution in [0, 0.1) is 5.92 Å². The van der Waals surface area contributed by atoms with Gasteiger partial charge in [0.25, 0.3) is 5.91 Å². The molecule has 1 heterocycles. The molecule has 1 aromatic rings. The summed E-state index contributed by atoms with van der Waals surface area (Å²) in [6.07, 6.45) is 3.21. The molecule has 5 nitrogen and oxygen atoms in total. The summed E-state index contributed by atoms with van der Waals surface area (Å²) in [5.74, 6) is -1.37. The first kappa shape index (κ1) is 12.0. The molecule has 0 aliphatic heterocycles. The Morgan fingerprint density at radius 3 is 2.65 bits per heavy atom. The van der Waals surface area contributed by atoms with E-state index in [9.17, 15) is 9.59 Å². The highest BCUT2D eigenvalue weighted by molar-refractivity contribution is 9.10. The summed E-state index contributed by atoms with van der Waals surface area (Å²) in [7, 11) is 0. The van der Waals surface area contributed by atoms with Crippen molar-refractivity contribution in [3.63, 3.8) is 0 Å². The van der Waals surface area contributed by atoms with Gasteiger partial charge < -0.3 is 10.4 Å². The number of hydrogen-bond acceptors (Lipinski definition) is 3. The molecular weight excluding hydrogens is 288 g/mol. The van der Waals surface area contributed by atoms with Gasteiger partial charge in [0.1, 0.15) is 11.7 Å². The third kappa shape index (κ3) is 3.03. The van der Waals surface area contributed by atoms with Crippen molar-refractivity contribution in [2.45, 2.75) is 18.9 Å². The molecule has 1 aliphatic carbocycles. The van der Waals surface area contributed by atoms with Crippen LogP contribution >= 0.6 is 15.9 Å². The molecule has 6 heteroatoms. The largest absolute Gasteiger partial charge is 0.480 e. The minimum absolute atomic E-state index is 0.0619. The van der Waals surface area contributed by atoms with E-state index in [1.165, 1.54) is 6.20 Å². The molecule has 2 N–H and O–H groups in total. The Labute approximate surface area is 106 Å². The molecule has 1 aliphatic rings. The minimum atomic E-state index is -0.988. The second-order valence-electron chi connectivity index (χ2n) is 3.99. The van der Waals surface area contributed by atoms with E-state index in [1.54, 1.807) is 12.1 Å². The molecule has 1 aromatic heterocycles. The molecule has 0 aromatic carbocycles. The van der Waals surface area contributed by atoms with Gasteiger partial charge in [0.15, 0.2) is 0 Å². The number of halogens is 1. The zero-order valence-corrected chi connectivity index (χ0v) is 10.5. The van der Waals surface area contributed by atoms with E-state index in [-0.39, 0.29) is 11.6 Å². The number of carbonyl (C=O) groups excluding carboxylic acids is 1. The van der Waals surface area contributed by atoms with Crippen molar-refractivity contribution < 1.29 is 14.7 Å². The molecule has 1 fully saturated rings. The number of rotatable bonds is 4. The quantitative estimate of drug-likeness (QED) is 0.881. The highest BCUT2D eigenvalue weighted by Crippen LogP contribution is 2.32. The summed E-state index contributed by atoms with van der Waals surface area (Å²) < 4.78 is 0.769. The molecule has 0 saturated heterocycles. The molecule has 1 unspecified atom stereocenters. The predicted octanol–water partition coefficient (Wildman–Crippen LogP) is 1.44. The van der Waals surface area contributed by atoms with Crippen LogP contribution in [-0.4, -0.2) is 28.0 Å². The number of hydrogen-bond donors (Lipinski definition) is 2. The van der Waals surface area contributed by atoms with Crippen LogP contribution in [0.25, 0.3) is 0 Å². The fourth-order valence-corrected chi connectivity index (χ4v) is 1.77. The monoisotopic (exact) mass is 298 g/mol. The first-order valence-corrected chi connectivity index (χ1v) is 6.02. The van der Waals surface area contributed by atoms with Gasteiger partial charge in [-0.2, -0.15) is 0 Å². The molecule has 1 amide bonds. The van der Waals surface area contributed by atoms with E-state index in [0.29, 0.717) is 0 Å². The van der Waals surface area contributed by atoms with E-state index >= 15 is 0 Å². The Kier molecular flexibility index (Phi) is 3.42. The number of aliphatic carboxylic acids is 1. The van der Waals surface area contributed by atoms with Crippen LogP contribution in [0.1, 0.15) is 23.3 Å². The van der Waals surface area contributed by atoms with E-state index in [1.807, 2.05) is 0 Å². The lowest BCUT2D eigenvalue weighted by atomic mass is 10.2. The summed E-state index contributed by atoms with van der Waals surface area (Å²) in [5, 5.41) is 11.5. The number of carboxylic acids is 1. The van der Waals surface area contributed by atoms with Crippen molar-refractivity contribution in [2.75, 3.05) is 0 Å². The van der Waals surface area contributed by atoms with Gasteiger partial charge in [-0.3, -0.25) is 4.79 Å². The third-order valence-electron chi connectivity index (χ3n) is 2.61. The average Bonchev–Trinajstić information content (AvgIpc) is 3.10. The molecule has 17 heavy (non-hydrogen) atoms.